The molecular formula is C17H19N7S. The lowest BCUT2D eigenvalue weighted by atomic mass is 10.1. The van der Waals surface area contributed by atoms with Crippen LogP contribution < -0.4 is 10.2 Å². The van der Waals surface area contributed by atoms with E-state index in [9.17, 15) is 0 Å². The number of aryl methyl sites for hydroxylation is 2. The van der Waals surface area contributed by atoms with Gasteiger partial charge in [0.05, 0.1) is 0 Å². The van der Waals surface area contributed by atoms with E-state index in [4.69, 9.17) is 4.98 Å². The van der Waals surface area contributed by atoms with Crippen molar-refractivity contribution in [2.75, 3.05) is 23.3 Å². The first-order valence-electron chi connectivity index (χ1n) is 8.24. The quantitative estimate of drug-likeness (QED) is 0.772. The maximum absolute atomic E-state index is 4.73. The van der Waals surface area contributed by atoms with Gasteiger partial charge in [0, 0.05) is 54.2 Å². The zero-order chi connectivity index (χ0) is 17.2. The Morgan fingerprint density at radius 2 is 2.00 bits per heavy atom. The van der Waals surface area contributed by atoms with Gasteiger partial charge in [-0.1, -0.05) is 0 Å². The van der Waals surface area contributed by atoms with Crippen LogP contribution in [0.1, 0.15) is 28.7 Å². The van der Waals surface area contributed by atoms with E-state index in [0.717, 1.165) is 47.9 Å². The molecule has 0 spiro atoms. The molecule has 4 rings (SSSR count). The molecule has 0 aromatic carbocycles. The van der Waals surface area contributed by atoms with Crippen molar-refractivity contribution in [1.82, 2.24) is 24.9 Å². The summed E-state index contributed by atoms with van der Waals surface area (Å²) >= 11 is 1.62. The molecule has 128 valence electrons. The number of thiazole rings is 1. The molecule has 1 atom stereocenters. The topological polar surface area (TPSA) is 79.7 Å². The van der Waals surface area contributed by atoms with E-state index < -0.39 is 0 Å². The Morgan fingerprint density at radius 1 is 1.16 bits per heavy atom. The molecule has 0 amide bonds. The lowest BCUT2D eigenvalue weighted by molar-refractivity contribution is 0.704. The summed E-state index contributed by atoms with van der Waals surface area (Å²) in [6.07, 6.45) is 6.40. The van der Waals surface area contributed by atoms with Crippen LogP contribution >= 0.6 is 11.3 Å². The number of hydrogen-bond donors (Lipinski definition) is 1. The van der Waals surface area contributed by atoms with E-state index in [1.807, 2.05) is 32.2 Å². The van der Waals surface area contributed by atoms with Gasteiger partial charge in [0.15, 0.2) is 5.13 Å². The molecule has 1 aliphatic rings. The van der Waals surface area contributed by atoms with E-state index in [1.165, 1.54) is 4.88 Å². The summed E-state index contributed by atoms with van der Waals surface area (Å²) in [7, 11) is 0. The number of rotatable bonds is 4. The third-order valence-corrected chi connectivity index (χ3v) is 4.94. The minimum atomic E-state index is 0.280. The van der Waals surface area contributed by atoms with Gasteiger partial charge in [0.25, 0.3) is 0 Å². The monoisotopic (exact) mass is 353 g/mol. The van der Waals surface area contributed by atoms with Gasteiger partial charge in [-0.05, 0) is 26.3 Å². The Bertz CT molecular complexity index is 864. The third kappa shape index (κ3) is 3.58. The second kappa shape index (κ2) is 6.72. The van der Waals surface area contributed by atoms with Crippen molar-refractivity contribution in [3.63, 3.8) is 0 Å². The Balaban J connectivity index is 1.52. The maximum Gasteiger partial charge on any atom is 0.225 e. The molecule has 7 nitrogen and oxygen atoms in total. The van der Waals surface area contributed by atoms with Crippen molar-refractivity contribution in [3.8, 4) is 0 Å². The second-order valence-electron chi connectivity index (χ2n) is 6.13. The molecule has 1 saturated heterocycles. The SMILES string of the molecule is Cc1cc(Nc2ncc(C)s2)nc(C2CCN(c3ncccn3)C2)n1. The zero-order valence-electron chi connectivity index (χ0n) is 14.2. The third-order valence-electron chi connectivity index (χ3n) is 4.12. The number of hydrogen-bond acceptors (Lipinski definition) is 8. The van der Waals surface area contributed by atoms with Gasteiger partial charge in [-0.3, -0.25) is 0 Å². The van der Waals surface area contributed by atoms with Crippen LogP contribution in [-0.4, -0.2) is 38.0 Å². The van der Waals surface area contributed by atoms with Crippen molar-refractivity contribution in [3.05, 3.63) is 47.1 Å². The Kier molecular flexibility index (Phi) is 4.27. The van der Waals surface area contributed by atoms with Crippen molar-refractivity contribution in [2.24, 2.45) is 0 Å². The van der Waals surface area contributed by atoms with E-state index >= 15 is 0 Å². The van der Waals surface area contributed by atoms with Gasteiger partial charge in [0.1, 0.15) is 11.6 Å². The lowest BCUT2D eigenvalue weighted by Crippen LogP contribution is -2.22. The summed E-state index contributed by atoms with van der Waals surface area (Å²) < 4.78 is 0. The molecule has 0 aliphatic carbocycles. The maximum atomic E-state index is 4.73. The molecule has 1 fully saturated rings. The first-order valence-corrected chi connectivity index (χ1v) is 9.06. The minimum Gasteiger partial charge on any atom is -0.340 e. The molecule has 3 aromatic rings. The standard InChI is InChI=1S/C17H19N7S/c1-11-8-14(23-17-20-9-12(2)25-17)22-15(21-11)13-4-7-24(10-13)16-18-5-3-6-19-16/h3,5-6,8-9,13H,4,7,10H2,1-2H3,(H,20,21,22,23). The van der Waals surface area contributed by atoms with E-state index in [-0.39, 0.29) is 5.92 Å². The number of nitrogens with zero attached hydrogens (tertiary/aromatic N) is 6. The van der Waals surface area contributed by atoms with Gasteiger partial charge in [-0.15, -0.1) is 11.3 Å². The molecular weight excluding hydrogens is 334 g/mol. The summed E-state index contributed by atoms with van der Waals surface area (Å²) in [4.78, 5) is 25.8. The summed E-state index contributed by atoms with van der Waals surface area (Å²) in [5.41, 5.74) is 0.954. The number of aromatic nitrogens is 5. The van der Waals surface area contributed by atoms with Crippen LogP contribution in [0.2, 0.25) is 0 Å². The molecule has 4 heterocycles. The highest BCUT2D eigenvalue weighted by molar-refractivity contribution is 7.15. The van der Waals surface area contributed by atoms with Crippen molar-refractivity contribution in [2.45, 2.75) is 26.2 Å². The molecule has 0 saturated carbocycles. The van der Waals surface area contributed by atoms with Crippen molar-refractivity contribution < 1.29 is 0 Å². The molecule has 0 radical (unpaired) electrons. The Morgan fingerprint density at radius 3 is 2.76 bits per heavy atom. The smallest absolute Gasteiger partial charge is 0.225 e. The normalized spacial score (nSPS) is 17.0. The molecule has 3 aromatic heterocycles. The highest BCUT2D eigenvalue weighted by Crippen LogP contribution is 2.28. The van der Waals surface area contributed by atoms with Crippen LogP contribution in [-0.2, 0) is 0 Å². The average Bonchev–Trinajstić information content (AvgIpc) is 3.24. The summed E-state index contributed by atoms with van der Waals surface area (Å²) in [5, 5.41) is 4.14. The molecule has 1 aliphatic heterocycles. The molecule has 0 bridgehead atoms. The van der Waals surface area contributed by atoms with Crippen molar-refractivity contribution in [1.29, 1.82) is 0 Å². The van der Waals surface area contributed by atoms with Gasteiger partial charge < -0.3 is 10.2 Å². The first kappa shape index (κ1) is 15.9. The molecule has 8 heteroatoms. The number of anilines is 3. The van der Waals surface area contributed by atoms with Crippen LogP contribution in [0.15, 0.2) is 30.7 Å². The highest BCUT2D eigenvalue weighted by atomic mass is 32.1. The van der Waals surface area contributed by atoms with Crippen LogP contribution in [0.5, 0.6) is 0 Å². The highest BCUT2D eigenvalue weighted by Gasteiger charge is 2.28. The van der Waals surface area contributed by atoms with Crippen molar-refractivity contribution >= 4 is 28.2 Å². The fourth-order valence-electron chi connectivity index (χ4n) is 2.97. The Hall–Kier alpha value is -2.61. The van der Waals surface area contributed by atoms with E-state index in [2.05, 4.69) is 30.2 Å². The number of nitrogens with one attached hydrogen (secondary N) is 1. The fraction of sp³-hybridized carbons (Fsp3) is 0.353. The van der Waals surface area contributed by atoms with Crippen LogP contribution in [0, 0.1) is 13.8 Å². The summed E-state index contributed by atoms with van der Waals surface area (Å²) in [5.74, 6) is 2.72. The average molecular weight is 353 g/mol. The zero-order valence-corrected chi connectivity index (χ0v) is 15.0. The van der Waals surface area contributed by atoms with Gasteiger partial charge >= 0.3 is 0 Å². The predicted octanol–water partition coefficient (Wildman–Crippen LogP) is 3.08. The molecule has 25 heavy (non-hydrogen) atoms. The predicted molar refractivity (Wildman–Crippen MR) is 98.5 cm³/mol. The van der Waals surface area contributed by atoms with Gasteiger partial charge in [0.2, 0.25) is 5.95 Å². The minimum absolute atomic E-state index is 0.280. The van der Waals surface area contributed by atoms with Crippen LogP contribution in [0.4, 0.5) is 16.9 Å². The van der Waals surface area contributed by atoms with E-state index in [1.54, 1.807) is 23.7 Å². The second-order valence-corrected chi connectivity index (χ2v) is 7.37. The summed E-state index contributed by atoms with van der Waals surface area (Å²) in [6, 6.07) is 3.78. The van der Waals surface area contributed by atoms with Gasteiger partial charge in [-0.2, -0.15) is 0 Å². The van der Waals surface area contributed by atoms with Gasteiger partial charge in [-0.25, -0.2) is 24.9 Å². The lowest BCUT2D eigenvalue weighted by Gasteiger charge is -2.15. The molecule has 1 N–H and O–H groups in total. The summed E-state index contributed by atoms with van der Waals surface area (Å²) in [6.45, 7) is 5.79. The Labute approximate surface area is 150 Å². The first-order chi connectivity index (χ1) is 12.2. The van der Waals surface area contributed by atoms with E-state index in [0.29, 0.717) is 0 Å². The fourth-order valence-corrected chi connectivity index (χ4v) is 3.64. The van der Waals surface area contributed by atoms with Crippen LogP contribution in [0.25, 0.3) is 0 Å². The largest absolute Gasteiger partial charge is 0.340 e. The van der Waals surface area contributed by atoms with Crippen LogP contribution in [0.3, 0.4) is 0 Å². The molecule has 1 unspecified atom stereocenters.